The van der Waals surface area contributed by atoms with Crippen LogP contribution < -0.4 is 0 Å². The monoisotopic (exact) mass is 971 g/mol. The topological polar surface area (TPSA) is 273 Å². The normalized spacial score (nSPS) is 20.3. The Morgan fingerprint density at radius 1 is 0.631 bits per heavy atom. The Morgan fingerprint density at radius 3 is 1.78 bits per heavy atom. The highest BCUT2D eigenvalue weighted by molar-refractivity contribution is 7.47. The summed E-state index contributed by atoms with van der Waals surface area (Å²) in [7, 11) is -9.81. The van der Waals surface area contributed by atoms with Crippen molar-refractivity contribution in [3.63, 3.8) is 0 Å². The first kappa shape index (κ1) is 61.2. The van der Waals surface area contributed by atoms with E-state index in [0.717, 1.165) is 70.6 Å². The van der Waals surface area contributed by atoms with Gasteiger partial charge in [-0.25, -0.2) is 9.13 Å². The van der Waals surface area contributed by atoms with E-state index in [1.54, 1.807) is 12.2 Å². The summed E-state index contributed by atoms with van der Waals surface area (Å²) in [6.45, 7) is 1.24. The Bertz CT molecular complexity index is 1420. The lowest BCUT2D eigenvalue weighted by molar-refractivity contribution is -0.161. The maximum absolute atomic E-state index is 12.9. The highest BCUT2D eigenvalue weighted by Crippen LogP contribution is 2.44. The SMILES string of the molecule is CCCCCCCC/C=C\CCCCCCCCCC(=O)O[C@H](COC(=O)CCCCC(=O)C[C@@H]1[C@@H](/C=C/[C@@H](O)CCCCC)[C@H](O)C[C@@H]1O)COP(=O)(O)OC[C@@H](O)COP(=O)(O)O. The standard InChI is InChI=1S/C46H84O17P2/c1-3-5-7-8-9-10-11-12-13-14-15-16-17-18-19-20-22-28-46(53)63-40(36-62-65(57,58)61-34-39(49)33-60-64(54,55)56)35-59-45(52)27-24-23-26-38(48)31-42-41(43(50)32-44(42)51)30-29-37(47)25-21-6-4-2/h12-13,29-30,37,39-44,47,49-51H,3-11,14-28,31-36H2,1-2H3,(H,57,58)(H2,54,55,56)/b13-12-,30-29+/t37-,39-,40+,41+,42+,43+,44-/m0/s1. The van der Waals surface area contributed by atoms with Crippen molar-refractivity contribution < 1.29 is 81.7 Å². The van der Waals surface area contributed by atoms with Gasteiger partial charge >= 0.3 is 27.6 Å². The molecule has 7 N–H and O–H groups in total. The fourth-order valence-electron chi connectivity index (χ4n) is 7.52. The Kier molecular flexibility index (Phi) is 34.9. The van der Waals surface area contributed by atoms with Crippen molar-refractivity contribution >= 4 is 33.4 Å². The summed E-state index contributed by atoms with van der Waals surface area (Å²) in [4.78, 5) is 65.9. The second kappa shape index (κ2) is 37.1. The van der Waals surface area contributed by atoms with Gasteiger partial charge < -0.3 is 44.6 Å². The lowest BCUT2D eigenvalue weighted by Gasteiger charge is -2.21. The number of esters is 2. The highest BCUT2D eigenvalue weighted by atomic mass is 31.2. The fourth-order valence-corrected chi connectivity index (χ4v) is 8.67. The number of phosphoric ester groups is 2. The predicted octanol–water partition coefficient (Wildman–Crippen LogP) is 8.24. The van der Waals surface area contributed by atoms with Crippen molar-refractivity contribution in [3.8, 4) is 0 Å². The number of unbranched alkanes of at least 4 members (excludes halogenated alkanes) is 16. The van der Waals surface area contributed by atoms with Crippen LogP contribution >= 0.6 is 15.6 Å². The molecule has 0 aromatic carbocycles. The van der Waals surface area contributed by atoms with Crippen LogP contribution in [0.1, 0.15) is 181 Å². The summed E-state index contributed by atoms with van der Waals surface area (Å²) >= 11 is 0. The van der Waals surface area contributed by atoms with Gasteiger partial charge in [-0.1, -0.05) is 122 Å². The average molecular weight is 971 g/mol. The van der Waals surface area contributed by atoms with E-state index in [2.05, 4.69) is 35.0 Å². The zero-order valence-corrected chi connectivity index (χ0v) is 41.0. The third kappa shape index (κ3) is 34.1. The minimum Gasteiger partial charge on any atom is -0.462 e. The molecule has 0 bridgehead atoms. The van der Waals surface area contributed by atoms with Crippen LogP contribution in [0.15, 0.2) is 24.3 Å². The number of carbonyl (C=O) groups is 3. The van der Waals surface area contributed by atoms with Gasteiger partial charge in [0.1, 0.15) is 18.5 Å². The molecule has 0 saturated heterocycles. The van der Waals surface area contributed by atoms with Gasteiger partial charge in [-0.15, -0.1) is 0 Å². The summed E-state index contributed by atoms with van der Waals surface area (Å²) in [5.74, 6) is -2.43. The van der Waals surface area contributed by atoms with Gasteiger partial charge in [0.2, 0.25) is 0 Å². The third-order valence-electron chi connectivity index (χ3n) is 11.3. The molecular weight excluding hydrogens is 886 g/mol. The molecule has 1 unspecified atom stereocenters. The molecule has 0 aromatic heterocycles. The Morgan fingerprint density at radius 2 is 1.15 bits per heavy atom. The van der Waals surface area contributed by atoms with Crippen LogP contribution in [0.4, 0.5) is 0 Å². The van der Waals surface area contributed by atoms with E-state index < -0.39 is 96.4 Å². The molecule has 0 heterocycles. The molecule has 1 aliphatic carbocycles. The van der Waals surface area contributed by atoms with Crippen molar-refractivity contribution in [1.82, 2.24) is 0 Å². The first-order valence-corrected chi connectivity index (χ1v) is 27.2. The van der Waals surface area contributed by atoms with Crippen LogP contribution in [0.3, 0.4) is 0 Å². The second-order valence-electron chi connectivity index (χ2n) is 17.3. The summed E-state index contributed by atoms with van der Waals surface area (Å²) in [5.41, 5.74) is 0. The summed E-state index contributed by atoms with van der Waals surface area (Å²) < 4.78 is 47.8. The van der Waals surface area contributed by atoms with Crippen LogP contribution in [0.2, 0.25) is 0 Å². The number of aliphatic hydroxyl groups excluding tert-OH is 4. The minimum absolute atomic E-state index is 0.0344. The highest BCUT2D eigenvalue weighted by Gasteiger charge is 2.41. The largest absolute Gasteiger partial charge is 0.472 e. The van der Waals surface area contributed by atoms with Gasteiger partial charge in [0.05, 0.1) is 38.1 Å². The Hall–Kier alpha value is -1.85. The van der Waals surface area contributed by atoms with E-state index in [-0.39, 0.29) is 44.3 Å². The van der Waals surface area contributed by atoms with Crippen LogP contribution in [0, 0.1) is 11.8 Å². The molecule has 380 valence electrons. The number of Topliss-reactive ketones (excluding diaryl/α,β-unsaturated/α-hetero) is 1. The first-order valence-electron chi connectivity index (χ1n) is 24.2. The van der Waals surface area contributed by atoms with Crippen molar-refractivity contribution in [1.29, 1.82) is 0 Å². The molecule has 1 fully saturated rings. The second-order valence-corrected chi connectivity index (χ2v) is 20.0. The van der Waals surface area contributed by atoms with E-state index in [1.807, 2.05) is 0 Å². The number of phosphoric acid groups is 2. The number of hydrogen-bond donors (Lipinski definition) is 7. The molecule has 0 amide bonds. The molecule has 0 radical (unpaired) electrons. The number of rotatable bonds is 42. The summed E-state index contributed by atoms with van der Waals surface area (Å²) in [6.07, 6.45) is 23.6. The molecule has 1 rings (SSSR count). The number of carbonyl (C=O) groups excluding carboxylic acids is 3. The van der Waals surface area contributed by atoms with Crippen molar-refractivity contribution in [2.75, 3.05) is 26.4 Å². The summed E-state index contributed by atoms with van der Waals surface area (Å²) in [6, 6.07) is 0. The number of ether oxygens (including phenoxy) is 2. The zero-order valence-electron chi connectivity index (χ0n) is 39.2. The Labute approximate surface area is 387 Å². The third-order valence-corrected chi connectivity index (χ3v) is 12.7. The number of hydrogen-bond acceptors (Lipinski definition) is 14. The Balaban J connectivity index is 2.54. The van der Waals surface area contributed by atoms with Gasteiger partial charge in [0.15, 0.2) is 6.10 Å². The first-order chi connectivity index (χ1) is 31.0. The summed E-state index contributed by atoms with van der Waals surface area (Å²) in [5, 5.41) is 41.1. The molecule has 0 aromatic rings. The number of aliphatic hydroxyl groups is 4. The molecule has 17 nitrogen and oxygen atoms in total. The van der Waals surface area contributed by atoms with Gasteiger partial charge in [-0.05, 0) is 51.4 Å². The smallest absolute Gasteiger partial charge is 0.462 e. The molecule has 1 aliphatic rings. The molecule has 65 heavy (non-hydrogen) atoms. The van der Waals surface area contributed by atoms with E-state index in [1.165, 1.54) is 38.5 Å². The molecular formula is C46H84O17P2. The lowest BCUT2D eigenvalue weighted by Crippen LogP contribution is -2.30. The fraction of sp³-hybridized carbons (Fsp3) is 0.848. The van der Waals surface area contributed by atoms with Crippen LogP contribution in [-0.4, -0.2) is 110 Å². The predicted molar refractivity (Wildman–Crippen MR) is 246 cm³/mol. The quantitative estimate of drug-likeness (QED) is 0.0131. The van der Waals surface area contributed by atoms with Crippen molar-refractivity contribution in [2.45, 2.75) is 211 Å². The van der Waals surface area contributed by atoms with Gasteiger partial charge in [0.25, 0.3) is 0 Å². The van der Waals surface area contributed by atoms with E-state index in [9.17, 15) is 48.8 Å². The average Bonchev–Trinajstić information content (AvgIpc) is 3.51. The van der Waals surface area contributed by atoms with Crippen LogP contribution in [0.5, 0.6) is 0 Å². The van der Waals surface area contributed by atoms with Gasteiger partial charge in [-0.2, -0.15) is 0 Å². The molecule has 19 heteroatoms. The number of allylic oxidation sites excluding steroid dienone is 2. The molecule has 0 spiro atoms. The van der Waals surface area contributed by atoms with E-state index >= 15 is 0 Å². The molecule has 0 aliphatic heterocycles. The van der Waals surface area contributed by atoms with Crippen LogP contribution in [0.25, 0.3) is 0 Å². The van der Waals surface area contributed by atoms with Crippen molar-refractivity contribution in [2.24, 2.45) is 11.8 Å². The maximum atomic E-state index is 12.9. The zero-order chi connectivity index (χ0) is 48.4. The van der Waals surface area contributed by atoms with Gasteiger partial charge in [0, 0.05) is 43.9 Å². The minimum atomic E-state index is -4.91. The lowest BCUT2D eigenvalue weighted by atomic mass is 9.87. The van der Waals surface area contributed by atoms with E-state index in [0.29, 0.717) is 19.3 Å². The molecule has 8 atom stereocenters. The van der Waals surface area contributed by atoms with Crippen molar-refractivity contribution in [3.05, 3.63) is 24.3 Å². The van der Waals surface area contributed by atoms with Crippen LogP contribution in [-0.2, 0) is 46.6 Å². The molecule has 1 saturated carbocycles. The maximum Gasteiger partial charge on any atom is 0.472 e. The number of ketones is 1. The van der Waals surface area contributed by atoms with E-state index in [4.69, 9.17) is 23.8 Å². The van der Waals surface area contributed by atoms with Gasteiger partial charge in [-0.3, -0.25) is 28.0 Å².